The summed E-state index contributed by atoms with van der Waals surface area (Å²) in [6.07, 6.45) is 7.29. The van der Waals surface area contributed by atoms with Gasteiger partial charge in [-0.3, -0.25) is 0 Å². The van der Waals surface area contributed by atoms with Crippen LogP contribution in [-0.2, 0) is 0 Å². The summed E-state index contributed by atoms with van der Waals surface area (Å²) in [6.45, 7) is 4.43. The van der Waals surface area contributed by atoms with Crippen molar-refractivity contribution in [2.45, 2.75) is 38.6 Å². The van der Waals surface area contributed by atoms with Crippen molar-refractivity contribution in [3.63, 3.8) is 0 Å². The van der Waals surface area contributed by atoms with Gasteiger partial charge in [0.2, 0.25) is 0 Å². The van der Waals surface area contributed by atoms with Gasteiger partial charge in [0, 0.05) is 37.1 Å². The predicted octanol–water partition coefficient (Wildman–Crippen LogP) is 2.89. The van der Waals surface area contributed by atoms with Crippen LogP contribution in [0.15, 0.2) is 18.3 Å². The van der Waals surface area contributed by atoms with Crippen molar-refractivity contribution in [3.8, 4) is 0 Å². The molecule has 2 bridgehead atoms. The van der Waals surface area contributed by atoms with E-state index in [1.54, 1.807) is 0 Å². The number of nitrogens with zero attached hydrogens (tertiary/aromatic N) is 2. The van der Waals surface area contributed by atoms with Gasteiger partial charge in [0.15, 0.2) is 0 Å². The molecule has 0 spiro atoms. The van der Waals surface area contributed by atoms with E-state index in [1.807, 2.05) is 6.20 Å². The molecule has 0 amide bonds. The minimum absolute atomic E-state index is 0.793. The molecule has 2 heterocycles. The van der Waals surface area contributed by atoms with Crippen LogP contribution in [0, 0.1) is 5.92 Å². The molecule has 3 rings (SSSR count). The number of aromatic nitrogens is 1. The van der Waals surface area contributed by atoms with Gasteiger partial charge in [0.25, 0.3) is 0 Å². The topological polar surface area (TPSA) is 28.2 Å². The second-order valence-corrected chi connectivity index (χ2v) is 5.31. The molecule has 2 fully saturated rings. The van der Waals surface area contributed by atoms with Gasteiger partial charge >= 0.3 is 0 Å². The van der Waals surface area contributed by atoms with Crippen LogP contribution < -0.4 is 10.2 Å². The molecule has 0 radical (unpaired) electrons. The Bertz CT molecular complexity index is 391. The van der Waals surface area contributed by atoms with Crippen LogP contribution in [0.1, 0.15) is 32.6 Å². The van der Waals surface area contributed by atoms with Crippen LogP contribution in [0.25, 0.3) is 0 Å². The monoisotopic (exact) mass is 231 g/mol. The number of hydrogen-bond donors (Lipinski definition) is 1. The van der Waals surface area contributed by atoms with Crippen molar-refractivity contribution in [3.05, 3.63) is 18.3 Å². The van der Waals surface area contributed by atoms with Crippen LogP contribution in [-0.4, -0.2) is 24.1 Å². The maximum absolute atomic E-state index is 4.37. The van der Waals surface area contributed by atoms with E-state index in [0.717, 1.165) is 30.7 Å². The Morgan fingerprint density at radius 1 is 1.47 bits per heavy atom. The molecule has 1 N–H and O–H groups in total. The Morgan fingerprint density at radius 3 is 3.12 bits per heavy atom. The molecular formula is C14H21N3. The maximum Gasteiger partial charge on any atom is 0.127 e. The minimum Gasteiger partial charge on any atom is -0.370 e. The fourth-order valence-corrected chi connectivity index (χ4v) is 3.19. The summed E-state index contributed by atoms with van der Waals surface area (Å²) in [6, 6.07) is 5.15. The second-order valence-electron chi connectivity index (χ2n) is 5.31. The predicted molar refractivity (Wildman–Crippen MR) is 71.5 cm³/mol. The van der Waals surface area contributed by atoms with Crippen molar-refractivity contribution in [1.29, 1.82) is 0 Å². The van der Waals surface area contributed by atoms with E-state index in [2.05, 4.69) is 34.3 Å². The molecule has 1 aromatic rings. The molecule has 2 atom stereocenters. The molecular weight excluding hydrogens is 210 g/mol. The van der Waals surface area contributed by atoms with Crippen molar-refractivity contribution in [1.82, 2.24) is 4.98 Å². The van der Waals surface area contributed by atoms with E-state index in [0.29, 0.717) is 0 Å². The molecule has 1 aliphatic heterocycles. The van der Waals surface area contributed by atoms with Gasteiger partial charge in [-0.1, -0.05) is 6.92 Å². The van der Waals surface area contributed by atoms with Gasteiger partial charge in [-0.25, -0.2) is 4.98 Å². The quantitative estimate of drug-likeness (QED) is 0.863. The lowest BCUT2D eigenvalue weighted by Crippen LogP contribution is -2.31. The lowest BCUT2D eigenvalue weighted by atomic mass is 10.1. The number of nitrogens with one attached hydrogen (secondary N) is 1. The highest BCUT2D eigenvalue weighted by molar-refractivity contribution is 5.55. The van der Waals surface area contributed by atoms with Crippen LogP contribution in [0.5, 0.6) is 0 Å². The van der Waals surface area contributed by atoms with Crippen LogP contribution in [0.3, 0.4) is 0 Å². The molecule has 1 aromatic heterocycles. The zero-order chi connectivity index (χ0) is 11.7. The van der Waals surface area contributed by atoms with Gasteiger partial charge in [0.05, 0.1) is 0 Å². The fourth-order valence-electron chi connectivity index (χ4n) is 3.19. The Hall–Kier alpha value is -1.25. The molecule has 17 heavy (non-hydrogen) atoms. The highest BCUT2D eigenvalue weighted by Crippen LogP contribution is 2.40. The number of hydrogen-bond acceptors (Lipinski definition) is 3. The Labute approximate surface area is 103 Å². The number of pyridine rings is 1. The summed E-state index contributed by atoms with van der Waals surface area (Å²) < 4.78 is 0. The van der Waals surface area contributed by atoms with E-state index >= 15 is 0 Å². The number of rotatable bonds is 4. The number of anilines is 2. The Balaban J connectivity index is 1.74. The highest BCUT2D eigenvalue weighted by Gasteiger charge is 2.37. The smallest absolute Gasteiger partial charge is 0.127 e. The van der Waals surface area contributed by atoms with Crippen LogP contribution in [0.2, 0.25) is 0 Å². The standard InChI is InChI=1S/C14H21N3/c1-2-6-15-14-9-13(5-7-16-14)17-10-11-3-4-12(17)8-11/h5,7,9,11-12H,2-4,6,8,10H2,1H3,(H,15,16). The third-order valence-electron chi connectivity index (χ3n) is 4.04. The number of fused-ring (bicyclic) bond motifs is 2. The molecule has 3 nitrogen and oxygen atoms in total. The SMILES string of the molecule is CCCNc1cc(N2CC3CCC2C3)ccn1. The average Bonchev–Trinajstić information content (AvgIpc) is 2.99. The van der Waals surface area contributed by atoms with E-state index in [1.165, 1.54) is 31.5 Å². The summed E-state index contributed by atoms with van der Waals surface area (Å²) in [7, 11) is 0. The van der Waals surface area contributed by atoms with Gasteiger partial charge in [-0.05, 0) is 37.7 Å². The first kappa shape index (κ1) is 10.9. The fraction of sp³-hybridized carbons (Fsp3) is 0.643. The first-order valence-corrected chi connectivity index (χ1v) is 6.83. The lowest BCUT2D eigenvalue weighted by Gasteiger charge is -2.29. The summed E-state index contributed by atoms with van der Waals surface area (Å²) in [5.41, 5.74) is 1.35. The Morgan fingerprint density at radius 2 is 2.41 bits per heavy atom. The summed E-state index contributed by atoms with van der Waals surface area (Å²) in [4.78, 5) is 6.95. The summed E-state index contributed by atoms with van der Waals surface area (Å²) in [5, 5.41) is 3.36. The normalized spacial score (nSPS) is 26.5. The molecule has 3 heteroatoms. The molecule has 1 saturated heterocycles. The zero-order valence-corrected chi connectivity index (χ0v) is 10.5. The summed E-state index contributed by atoms with van der Waals surface area (Å²) in [5.74, 6) is 1.97. The van der Waals surface area contributed by atoms with Gasteiger partial charge < -0.3 is 10.2 Å². The van der Waals surface area contributed by atoms with Crippen molar-refractivity contribution < 1.29 is 0 Å². The zero-order valence-electron chi connectivity index (χ0n) is 10.5. The molecule has 0 aromatic carbocycles. The van der Waals surface area contributed by atoms with Crippen molar-refractivity contribution in [2.24, 2.45) is 5.92 Å². The van der Waals surface area contributed by atoms with Crippen LogP contribution in [0.4, 0.5) is 11.5 Å². The third kappa shape index (κ3) is 2.11. The molecule has 92 valence electrons. The van der Waals surface area contributed by atoms with Crippen LogP contribution >= 0.6 is 0 Å². The Kier molecular flexibility index (Phi) is 2.91. The molecule has 1 aliphatic carbocycles. The first-order valence-electron chi connectivity index (χ1n) is 6.83. The maximum atomic E-state index is 4.37. The van der Waals surface area contributed by atoms with E-state index in [9.17, 15) is 0 Å². The molecule has 2 aliphatic rings. The van der Waals surface area contributed by atoms with Gasteiger partial charge in [0.1, 0.15) is 5.82 Å². The van der Waals surface area contributed by atoms with Crippen molar-refractivity contribution in [2.75, 3.05) is 23.3 Å². The second kappa shape index (κ2) is 4.55. The highest BCUT2D eigenvalue weighted by atomic mass is 15.2. The van der Waals surface area contributed by atoms with Gasteiger partial charge in [-0.2, -0.15) is 0 Å². The average molecular weight is 231 g/mol. The first-order chi connectivity index (χ1) is 8.36. The van der Waals surface area contributed by atoms with Crippen molar-refractivity contribution >= 4 is 11.5 Å². The summed E-state index contributed by atoms with van der Waals surface area (Å²) >= 11 is 0. The van der Waals surface area contributed by atoms with E-state index < -0.39 is 0 Å². The number of piperidine rings is 1. The molecule has 2 unspecified atom stereocenters. The third-order valence-corrected chi connectivity index (χ3v) is 4.04. The van der Waals surface area contributed by atoms with E-state index in [-0.39, 0.29) is 0 Å². The van der Waals surface area contributed by atoms with Gasteiger partial charge in [-0.15, -0.1) is 0 Å². The largest absolute Gasteiger partial charge is 0.370 e. The molecule has 1 saturated carbocycles. The minimum atomic E-state index is 0.793. The lowest BCUT2D eigenvalue weighted by molar-refractivity contribution is 0.553. The van der Waals surface area contributed by atoms with E-state index in [4.69, 9.17) is 0 Å².